The molecule has 31 heavy (non-hydrogen) atoms. The Morgan fingerprint density at radius 2 is 2.19 bits per heavy atom. The number of pyridine rings is 1. The molecule has 1 aromatic carbocycles. The van der Waals surface area contributed by atoms with E-state index in [1.165, 1.54) is 35.2 Å². The van der Waals surface area contributed by atoms with E-state index >= 15 is 0 Å². The molecule has 1 aromatic heterocycles. The number of guanidine groups is 1. The van der Waals surface area contributed by atoms with Gasteiger partial charge in [-0.05, 0) is 30.3 Å². The number of hydrogen-bond acceptors (Lipinski definition) is 7. The zero-order valence-electron chi connectivity index (χ0n) is 16.7. The van der Waals surface area contributed by atoms with E-state index in [-0.39, 0.29) is 30.4 Å². The second kappa shape index (κ2) is 9.31. The average molecular weight is 451 g/mol. The Bertz CT molecular complexity index is 1010. The van der Waals surface area contributed by atoms with Crippen LogP contribution in [-0.2, 0) is 13.8 Å². The smallest absolute Gasteiger partial charge is 0.441 e. The molecule has 0 spiro atoms. The van der Waals surface area contributed by atoms with Crippen LogP contribution in [0.25, 0.3) is 11.1 Å². The van der Waals surface area contributed by atoms with Gasteiger partial charge in [0.25, 0.3) is 0 Å². The maximum Gasteiger partial charge on any atom is 0.694 e. The van der Waals surface area contributed by atoms with Crippen LogP contribution in [0.15, 0.2) is 36.5 Å². The summed E-state index contributed by atoms with van der Waals surface area (Å²) < 4.78 is 35.0. The van der Waals surface area contributed by atoms with Gasteiger partial charge < -0.3 is 4.74 Å². The molecule has 164 valence electrons. The molecule has 1 aliphatic heterocycles. The lowest BCUT2D eigenvalue weighted by Crippen LogP contribution is -2.43. The first-order chi connectivity index (χ1) is 14.7. The van der Waals surface area contributed by atoms with Crippen LogP contribution in [0.4, 0.5) is 20.7 Å². The summed E-state index contributed by atoms with van der Waals surface area (Å²) in [4.78, 5) is 27.7. The van der Waals surface area contributed by atoms with Crippen molar-refractivity contribution < 1.29 is 27.9 Å². The Morgan fingerprint density at radius 1 is 1.45 bits per heavy atom. The largest absolute Gasteiger partial charge is 0.694 e. The first kappa shape index (κ1) is 22.5. The molecule has 2 atom stereocenters. The van der Waals surface area contributed by atoms with Crippen LogP contribution in [-0.4, -0.2) is 60.3 Å². The second-order valence-corrected chi connectivity index (χ2v) is 7.45. The Hall–Kier alpha value is -3.18. The van der Waals surface area contributed by atoms with Crippen molar-refractivity contribution in [3.05, 3.63) is 42.3 Å². The van der Waals surface area contributed by atoms with Crippen LogP contribution in [0, 0.1) is 11.2 Å². The van der Waals surface area contributed by atoms with Crippen LogP contribution in [0.2, 0.25) is 0 Å². The maximum atomic E-state index is 14.8. The van der Waals surface area contributed by atoms with Crippen molar-refractivity contribution in [1.29, 1.82) is 5.41 Å². The number of nitrogens with zero attached hydrogens (tertiary/aromatic N) is 4. The van der Waals surface area contributed by atoms with E-state index < -0.39 is 26.3 Å². The molecule has 3 rings (SSSR count). The number of carbonyl (C=O) groups excluding carboxylic acids is 1. The first-order valence-corrected chi connectivity index (χ1v) is 10.1. The van der Waals surface area contributed by atoms with Gasteiger partial charge in [0.05, 0.1) is 12.2 Å². The van der Waals surface area contributed by atoms with Crippen LogP contribution < -0.4 is 15.6 Å². The number of aromatic nitrogens is 1. The molecule has 2 unspecified atom stereocenters. The summed E-state index contributed by atoms with van der Waals surface area (Å²) >= 11 is 0. The predicted octanol–water partition coefficient (Wildman–Crippen LogP) is 2.06. The van der Waals surface area contributed by atoms with Crippen molar-refractivity contribution in [3.63, 3.8) is 0 Å². The van der Waals surface area contributed by atoms with Crippen LogP contribution in [0.3, 0.4) is 0 Å². The second-order valence-electron chi connectivity index (χ2n) is 6.71. The number of nitrogens with two attached hydrogens (primary N) is 1. The molecule has 1 fully saturated rings. The highest BCUT2D eigenvalue weighted by Gasteiger charge is 2.35. The van der Waals surface area contributed by atoms with Crippen LogP contribution in [0.1, 0.15) is 0 Å². The third-order valence-corrected chi connectivity index (χ3v) is 4.93. The summed E-state index contributed by atoms with van der Waals surface area (Å²) in [6.07, 6.45) is 0.0398. The van der Waals surface area contributed by atoms with E-state index in [1.807, 2.05) is 0 Å². The molecule has 2 heterocycles. The van der Waals surface area contributed by atoms with E-state index in [1.54, 1.807) is 25.2 Å². The van der Waals surface area contributed by atoms with E-state index in [0.717, 1.165) is 5.01 Å². The molecule has 1 saturated heterocycles. The van der Waals surface area contributed by atoms with Crippen molar-refractivity contribution in [2.75, 3.05) is 37.0 Å². The number of halogens is 1. The average Bonchev–Trinajstić information content (AvgIpc) is 3.11. The highest BCUT2D eigenvalue weighted by atomic mass is 31.1. The highest BCUT2D eigenvalue weighted by Crippen LogP contribution is 2.30. The fourth-order valence-electron chi connectivity index (χ4n) is 2.96. The number of nitrogens with one attached hydrogen (secondary N) is 1. The maximum absolute atomic E-state index is 14.8. The third kappa shape index (κ3) is 5.12. The number of cyclic esters (lactones) is 1. The van der Waals surface area contributed by atoms with Crippen LogP contribution in [0.5, 0.6) is 0 Å². The monoisotopic (exact) mass is 451 g/mol. The van der Waals surface area contributed by atoms with Crippen molar-refractivity contribution in [3.8, 4) is 11.1 Å². The van der Waals surface area contributed by atoms with Crippen molar-refractivity contribution in [2.24, 2.45) is 5.84 Å². The van der Waals surface area contributed by atoms with E-state index in [0.29, 0.717) is 11.4 Å². The summed E-state index contributed by atoms with van der Waals surface area (Å²) in [7, 11) is 0.368. The molecule has 0 saturated carbocycles. The Labute approximate surface area is 178 Å². The predicted molar refractivity (Wildman–Crippen MR) is 111 cm³/mol. The summed E-state index contributed by atoms with van der Waals surface area (Å²) in [5.41, 5.74) is 1.07. The van der Waals surface area contributed by atoms with E-state index in [4.69, 9.17) is 20.9 Å². The van der Waals surface area contributed by atoms with Crippen molar-refractivity contribution in [1.82, 2.24) is 9.99 Å². The first-order valence-electron chi connectivity index (χ1n) is 9.01. The number of hydrogen-bond donors (Lipinski definition) is 3. The molecule has 1 aliphatic rings. The van der Waals surface area contributed by atoms with Gasteiger partial charge in [-0.15, -0.1) is 9.42 Å². The molecule has 4 N–H and O–H groups in total. The van der Waals surface area contributed by atoms with Gasteiger partial charge in [-0.2, -0.15) is 0 Å². The van der Waals surface area contributed by atoms with Crippen molar-refractivity contribution >= 4 is 31.8 Å². The standard InChI is InChI=1S/C18H20FN6O5P/c1-23(17(20)24(2)21)16-6-3-11(8-22-16)14-5-4-12(7-15(14)19)25-9-13(30-18(25)26)10-29-31(27)28/h3-8,13,20H,9-10,21H2,1-2H3/p+1. The van der Waals surface area contributed by atoms with Gasteiger partial charge in [0.1, 0.15) is 24.3 Å². The Morgan fingerprint density at radius 3 is 2.77 bits per heavy atom. The molecule has 13 heteroatoms. The molecular weight excluding hydrogens is 430 g/mol. The number of anilines is 2. The van der Waals surface area contributed by atoms with Gasteiger partial charge in [0, 0.05) is 36.0 Å². The fraction of sp³-hybridized carbons (Fsp3) is 0.278. The summed E-state index contributed by atoms with van der Waals surface area (Å²) in [5.74, 6) is 5.47. The fourth-order valence-corrected chi connectivity index (χ4v) is 3.25. The summed E-state index contributed by atoms with van der Waals surface area (Å²) in [6, 6.07) is 7.58. The summed E-state index contributed by atoms with van der Waals surface area (Å²) in [5, 5.41) is 9.01. The number of hydrazine groups is 1. The zero-order chi connectivity index (χ0) is 22.7. The van der Waals surface area contributed by atoms with Gasteiger partial charge in [-0.1, -0.05) is 0 Å². The van der Waals surface area contributed by atoms with Gasteiger partial charge in [0.2, 0.25) is 5.96 Å². The topological polar surface area (TPSA) is 145 Å². The number of rotatable bonds is 6. The van der Waals surface area contributed by atoms with Gasteiger partial charge >= 0.3 is 14.3 Å². The molecule has 0 radical (unpaired) electrons. The SMILES string of the molecule is CN(N)C(=N)N(C)c1ccc(-c2ccc(N3CC(CO[P+](=O)O)OC3=O)cc2F)cn1. The zero-order valence-corrected chi connectivity index (χ0v) is 17.6. The number of carbonyl (C=O) groups is 1. The third-order valence-electron chi connectivity index (χ3n) is 4.56. The Kier molecular flexibility index (Phi) is 6.76. The van der Waals surface area contributed by atoms with Gasteiger partial charge in [-0.25, -0.2) is 20.0 Å². The molecule has 2 aromatic rings. The lowest BCUT2D eigenvalue weighted by atomic mass is 10.1. The van der Waals surface area contributed by atoms with Gasteiger partial charge in [0.15, 0.2) is 0 Å². The molecule has 1 amide bonds. The lowest BCUT2D eigenvalue weighted by molar-refractivity contribution is 0.103. The normalized spacial score (nSPS) is 16.2. The minimum Gasteiger partial charge on any atom is -0.441 e. The summed E-state index contributed by atoms with van der Waals surface area (Å²) in [6.45, 7) is -0.177. The molecule has 11 nitrogen and oxygen atoms in total. The molecular formula is C18H21FN6O5P+. The number of benzene rings is 1. The lowest BCUT2D eigenvalue weighted by Gasteiger charge is -2.23. The molecule has 0 aliphatic carbocycles. The van der Waals surface area contributed by atoms with Crippen LogP contribution >= 0.6 is 8.25 Å². The Balaban J connectivity index is 1.74. The van der Waals surface area contributed by atoms with E-state index in [9.17, 15) is 13.8 Å². The quantitative estimate of drug-likeness (QED) is 0.197. The van der Waals surface area contributed by atoms with Crippen molar-refractivity contribution in [2.45, 2.75) is 6.10 Å². The highest BCUT2D eigenvalue weighted by molar-refractivity contribution is 7.32. The number of ether oxygens (including phenoxy) is 1. The number of amides is 1. The minimum atomic E-state index is -2.80. The minimum absolute atomic E-state index is 0.0304. The van der Waals surface area contributed by atoms with E-state index in [2.05, 4.69) is 9.51 Å². The van der Waals surface area contributed by atoms with Gasteiger partial charge in [-0.3, -0.25) is 20.2 Å². The molecule has 0 bridgehead atoms.